The van der Waals surface area contributed by atoms with Gasteiger partial charge in [-0.1, -0.05) is 48.5 Å². The van der Waals surface area contributed by atoms with E-state index in [1.807, 2.05) is 30.3 Å². The van der Waals surface area contributed by atoms with Crippen LogP contribution in [0.25, 0.3) is 0 Å². The van der Waals surface area contributed by atoms with Crippen molar-refractivity contribution in [2.75, 3.05) is 30.4 Å². The maximum absolute atomic E-state index is 13.7. The van der Waals surface area contributed by atoms with Crippen molar-refractivity contribution >= 4 is 40.5 Å². The number of urea groups is 1. The molecule has 3 heterocycles. The number of nitrogens with zero attached hydrogens (tertiary/aromatic N) is 5. The fourth-order valence-electron chi connectivity index (χ4n) is 4.25. The van der Waals surface area contributed by atoms with Gasteiger partial charge >= 0.3 is 6.03 Å². The van der Waals surface area contributed by atoms with E-state index in [9.17, 15) is 9.59 Å². The molecule has 0 saturated carbocycles. The van der Waals surface area contributed by atoms with Gasteiger partial charge in [-0.3, -0.25) is 15.1 Å². The molecule has 1 fully saturated rings. The van der Waals surface area contributed by atoms with E-state index < -0.39 is 0 Å². The molecular formula is C24H27ClN8O2. The highest BCUT2D eigenvalue weighted by Crippen LogP contribution is 2.33. The number of carbonyl (C=O) groups excluding carboxylic acids is 2. The van der Waals surface area contributed by atoms with E-state index >= 15 is 0 Å². The average molecular weight is 495 g/mol. The minimum Gasteiger partial charge on any atom is -0.392 e. The number of amides is 3. The smallest absolute Gasteiger partial charge is 0.326 e. The summed E-state index contributed by atoms with van der Waals surface area (Å²) >= 11 is 5.87. The molecule has 35 heavy (non-hydrogen) atoms. The molecule has 2 aliphatic rings. The molecule has 0 bridgehead atoms. The number of hydrogen-bond acceptors (Lipinski definition) is 7. The lowest BCUT2D eigenvalue weighted by molar-refractivity contribution is -0.125. The number of likely N-dealkylation sites (tertiary alicyclic amines) is 1. The van der Waals surface area contributed by atoms with E-state index in [-0.39, 0.29) is 34.8 Å². The van der Waals surface area contributed by atoms with Crippen molar-refractivity contribution in [3.63, 3.8) is 0 Å². The van der Waals surface area contributed by atoms with Gasteiger partial charge in [0.05, 0.1) is 18.3 Å². The molecule has 10 nitrogen and oxygen atoms in total. The molecule has 1 aromatic carbocycles. The third kappa shape index (κ3) is 5.27. The van der Waals surface area contributed by atoms with Gasteiger partial charge in [0, 0.05) is 44.6 Å². The number of carbonyl (C=O) groups is 2. The fourth-order valence-corrected chi connectivity index (χ4v) is 4.35. The lowest BCUT2D eigenvalue weighted by Crippen LogP contribution is -2.52. The number of rotatable bonds is 8. The number of hydrogen-bond donors (Lipinski definition) is 3. The maximum Gasteiger partial charge on any atom is 0.326 e. The van der Waals surface area contributed by atoms with Crippen molar-refractivity contribution in [2.24, 2.45) is 0 Å². The minimum absolute atomic E-state index is 0.161. The van der Waals surface area contributed by atoms with Gasteiger partial charge in [0.2, 0.25) is 11.9 Å². The van der Waals surface area contributed by atoms with Crippen LogP contribution in [0.15, 0.2) is 61.1 Å². The van der Waals surface area contributed by atoms with E-state index in [1.165, 1.54) is 12.3 Å². The predicted molar refractivity (Wildman–Crippen MR) is 135 cm³/mol. The Bertz CT molecular complexity index is 1170. The molecule has 1 saturated heterocycles. The van der Waals surface area contributed by atoms with Gasteiger partial charge in [-0.15, -0.1) is 0 Å². The molecule has 3 N–H and O–H groups in total. The van der Waals surface area contributed by atoms with Crippen molar-refractivity contribution < 1.29 is 9.59 Å². The largest absolute Gasteiger partial charge is 0.392 e. The Morgan fingerprint density at radius 3 is 2.80 bits per heavy atom. The highest BCUT2D eigenvalue weighted by molar-refractivity contribution is 6.68. The van der Waals surface area contributed by atoms with Crippen molar-refractivity contribution in [1.29, 1.82) is 5.41 Å². The van der Waals surface area contributed by atoms with Crippen LogP contribution in [0.1, 0.15) is 17.5 Å². The molecule has 0 aliphatic carbocycles. The van der Waals surface area contributed by atoms with E-state index in [4.69, 9.17) is 17.0 Å². The molecular weight excluding hydrogens is 468 g/mol. The molecule has 0 radical (unpaired) electrons. The van der Waals surface area contributed by atoms with Crippen LogP contribution in [0.4, 0.5) is 16.6 Å². The summed E-state index contributed by atoms with van der Waals surface area (Å²) in [6, 6.07) is 9.35. The monoisotopic (exact) mass is 494 g/mol. The topological polar surface area (TPSA) is 118 Å². The first-order valence-electron chi connectivity index (χ1n) is 11.2. The Morgan fingerprint density at radius 2 is 2.11 bits per heavy atom. The summed E-state index contributed by atoms with van der Waals surface area (Å²) in [6.45, 7) is 5.29. The summed E-state index contributed by atoms with van der Waals surface area (Å²) in [5.74, 6) is 0.535. The maximum atomic E-state index is 13.7. The molecule has 1 atom stereocenters. The number of benzene rings is 1. The molecule has 1 aromatic heterocycles. The van der Waals surface area contributed by atoms with Gasteiger partial charge in [0.25, 0.3) is 0 Å². The second kappa shape index (κ2) is 10.6. The Labute approximate surface area is 208 Å². The highest BCUT2D eigenvalue weighted by atomic mass is 35.5. The normalized spacial score (nSPS) is 17.8. The summed E-state index contributed by atoms with van der Waals surface area (Å²) in [7, 11) is 1.69. The third-order valence-corrected chi connectivity index (χ3v) is 6.11. The second-order valence-corrected chi connectivity index (χ2v) is 8.63. The summed E-state index contributed by atoms with van der Waals surface area (Å²) in [4.78, 5) is 40.1. The molecule has 4 rings (SSSR count). The zero-order valence-corrected chi connectivity index (χ0v) is 20.1. The van der Waals surface area contributed by atoms with E-state index in [0.29, 0.717) is 38.4 Å². The van der Waals surface area contributed by atoms with Crippen LogP contribution < -0.4 is 15.5 Å². The van der Waals surface area contributed by atoms with E-state index in [0.717, 1.165) is 11.1 Å². The van der Waals surface area contributed by atoms with Gasteiger partial charge in [0.15, 0.2) is 0 Å². The van der Waals surface area contributed by atoms with Crippen molar-refractivity contribution in [3.05, 3.63) is 72.2 Å². The molecule has 2 aromatic rings. The summed E-state index contributed by atoms with van der Waals surface area (Å²) in [5, 5.41) is 13.3. The molecule has 0 spiro atoms. The van der Waals surface area contributed by atoms with Gasteiger partial charge < -0.3 is 20.4 Å². The van der Waals surface area contributed by atoms with Crippen LogP contribution in [-0.4, -0.2) is 63.1 Å². The Morgan fingerprint density at radius 1 is 1.34 bits per heavy atom. The second-order valence-electron chi connectivity index (χ2n) is 8.25. The van der Waals surface area contributed by atoms with Gasteiger partial charge in [0.1, 0.15) is 11.0 Å². The Kier molecular flexibility index (Phi) is 7.31. The van der Waals surface area contributed by atoms with Crippen LogP contribution >= 0.6 is 11.6 Å². The van der Waals surface area contributed by atoms with Crippen molar-refractivity contribution in [3.8, 4) is 0 Å². The van der Waals surface area contributed by atoms with Gasteiger partial charge in [-0.25, -0.2) is 9.78 Å². The van der Waals surface area contributed by atoms with Crippen LogP contribution in [0.2, 0.25) is 0 Å². The molecule has 11 heteroatoms. The van der Waals surface area contributed by atoms with Crippen LogP contribution in [-0.2, 0) is 17.9 Å². The highest BCUT2D eigenvalue weighted by Gasteiger charge is 2.40. The quantitative estimate of drug-likeness (QED) is 0.383. The average Bonchev–Trinajstić information content (AvgIpc) is 3.34. The first-order valence-corrected chi connectivity index (χ1v) is 11.6. The zero-order valence-electron chi connectivity index (χ0n) is 19.4. The molecule has 2 aliphatic heterocycles. The number of anilines is 2. The third-order valence-electron chi connectivity index (χ3n) is 5.91. The number of allylic oxidation sites excluding steroid dienone is 1. The minimum atomic E-state index is -0.245. The zero-order chi connectivity index (χ0) is 24.9. The summed E-state index contributed by atoms with van der Waals surface area (Å²) < 4.78 is 0. The van der Waals surface area contributed by atoms with Crippen LogP contribution in [0.3, 0.4) is 0 Å². The van der Waals surface area contributed by atoms with Crippen molar-refractivity contribution in [2.45, 2.75) is 25.6 Å². The van der Waals surface area contributed by atoms with Crippen molar-refractivity contribution in [1.82, 2.24) is 25.1 Å². The Hall–Kier alpha value is -3.92. The summed E-state index contributed by atoms with van der Waals surface area (Å²) in [5.41, 5.74) is 2.10. The fraction of sp³-hybridized carbons (Fsp3) is 0.292. The number of fused-ring (bicyclic) bond motifs is 1. The number of aromatic nitrogens is 2. The number of halogens is 1. The van der Waals surface area contributed by atoms with E-state index in [2.05, 4.69) is 27.2 Å². The lowest BCUT2D eigenvalue weighted by Gasteiger charge is -2.39. The molecule has 0 unspecified atom stereocenters. The van der Waals surface area contributed by atoms with E-state index in [1.54, 1.807) is 27.9 Å². The van der Waals surface area contributed by atoms with Gasteiger partial charge in [-0.2, -0.15) is 4.98 Å². The molecule has 182 valence electrons. The number of nitrogens with one attached hydrogen (secondary N) is 3. The van der Waals surface area contributed by atoms with Gasteiger partial charge in [-0.05, 0) is 18.1 Å². The lowest BCUT2D eigenvalue weighted by atomic mass is 10.1. The first kappa shape index (κ1) is 24.2. The SMILES string of the molecule is C=CC(=O)N1CC[C@@H](N2C(=O)N(Cc3ccccc3)Cc3cnc(N/C(=C/NC)C(=N)Cl)nc32)C1. The molecule has 3 amide bonds. The standard InChI is InChI=1S/C24H27ClN8O2/c1-3-20(34)31-10-9-18(15-31)33-22-17(11-28-23(30-22)29-19(12-27-2)21(25)26)14-32(24(33)35)13-16-7-5-4-6-8-16/h3-8,11-12,18,26-27H,1,9-10,13-15H2,2H3,(H,28,29,30)/b19-12+,26-21?/t18-/m1/s1. The predicted octanol–water partition coefficient (Wildman–Crippen LogP) is 2.89. The first-order chi connectivity index (χ1) is 16.9. The van der Waals surface area contributed by atoms with Crippen LogP contribution in [0, 0.1) is 5.41 Å². The van der Waals surface area contributed by atoms with Crippen LogP contribution in [0.5, 0.6) is 0 Å². The summed E-state index contributed by atoms with van der Waals surface area (Å²) in [6.07, 6.45) is 5.11. The Balaban J connectivity index is 1.68.